The molecule has 0 aliphatic heterocycles. The Bertz CT molecular complexity index is 828. The average molecular weight is 377 g/mol. The number of hydrogen-bond acceptors (Lipinski definition) is 4. The van der Waals surface area contributed by atoms with Gasteiger partial charge in [-0.1, -0.05) is 11.6 Å². The number of carbonyl (C=O) groups is 2. The number of nitrogens with zero attached hydrogens (tertiary/aromatic N) is 3. The number of benzene rings is 1. The van der Waals surface area contributed by atoms with Crippen molar-refractivity contribution in [2.24, 2.45) is 7.05 Å². The van der Waals surface area contributed by atoms with Gasteiger partial charge in [-0.2, -0.15) is 5.10 Å². The topological polar surface area (TPSA) is 76.5 Å². The summed E-state index contributed by atoms with van der Waals surface area (Å²) in [7, 11) is 3.36. The third-order valence-electron chi connectivity index (χ3n) is 3.66. The number of carbonyl (C=O) groups excluding carboxylic acids is 2. The van der Waals surface area contributed by atoms with Crippen molar-refractivity contribution in [1.82, 2.24) is 9.78 Å². The van der Waals surface area contributed by atoms with Crippen LogP contribution in [0.3, 0.4) is 0 Å². The highest BCUT2D eigenvalue weighted by molar-refractivity contribution is 6.31. The standard InChI is InChI=1S/C18H21ClN4O3/c1-5-26-18(25)22(3)14-8-6-13(7-9-14)20-16(24)11-10-15-12(2)21-23(4)17(15)19/h6-11H,5H2,1-4H3,(H,20,24)/b11-10+. The van der Waals surface area contributed by atoms with Crippen LogP contribution in [-0.2, 0) is 16.6 Å². The minimum atomic E-state index is -0.434. The maximum atomic E-state index is 12.1. The molecule has 0 saturated carbocycles. The Morgan fingerprint density at radius 3 is 2.54 bits per heavy atom. The molecule has 0 radical (unpaired) electrons. The van der Waals surface area contributed by atoms with E-state index in [1.807, 2.05) is 6.92 Å². The number of anilines is 2. The fourth-order valence-electron chi connectivity index (χ4n) is 2.27. The molecular weight excluding hydrogens is 356 g/mol. The van der Waals surface area contributed by atoms with Crippen LogP contribution in [0.4, 0.5) is 16.2 Å². The fourth-order valence-corrected chi connectivity index (χ4v) is 2.51. The fraction of sp³-hybridized carbons (Fsp3) is 0.278. The molecule has 8 heteroatoms. The lowest BCUT2D eigenvalue weighted by molar-refractivity contribution is -0.111. The van der Waals surface area contributed by atoms with Crippen LogP contribution in [0.15, 0.2) is 30.3 Å². The number of aromatic nitrogens is 2. The van der Waals surface area contributed by atoms with E-state index < -0.39 is 6.09 Å². The SMILES string of the molecule is CCOC(=O)N(C)c1ccc(NC(=O)/C=C/c2c(C)nn(C)c2Cl)cc1. The maximum absolute atomic E-state index is 12.1. The molecule has 1 N–H and O–H groups in total. The van der Waals surface area contributed by atoms with Gasteiger partial charge in [-0.25, -0.2) is 4.79 Å². The molecule has 0 spiro atoms. The van der Waals surface area contributed by atoms with E-state index in [1.165, 1.54) is 11.0 Å². The van der Waals surface area contributed by atoms with Gasteiger partial charge in [0.1, 0.15) is 5.15 Å². The van der Waals surface area contributed by atoms with Gasteiger partial charge in [-0.05, 0) is 44.2 Å². The molecule has 2 aromatic rings. The molecule has 138 valence electrons. The van der Waals surface area contributed by atoms with Gasteiger partial charge >= 0.3 is 6.09 Å². The van der Waals surface area contributed by atoms with Crippen molar-refractivity contribution in [2.45, 2.75) is 13.8 Å². The largest absolute Gasteiger partial charge is 0.449 e. The Kier molecular flexibility index (Phi) is 6.41. The van der Waals surface area contributed by atoms with Crippen molar-refractivity contribution in [3.63, 3.8) is 0 Å². The first-order chi connectivity index (χ1) is 12.3. The van der Waals surface area contributed by atoms with Crippen LogP contribution in [0.5, 0.6) is 0 Å². The molecule has 0 atom stereocenters. The summed E-state index contributed by atoms with van der Waals surface area (Å²) in [4.78, 5) is 25.2. The van der Waals surface area contributed by atoms with Crippen molar-refractivity contribution in [1.29, 1.82) is 0 Å². The Morgan fingerprint density at radius 1 is 1.35 bits per heavy atom. The van der Waals surface area contributed by atoms with E-state index in [9.17, 15) is 9.59 Å². The zero-order valence-corrected chi connectivity index (χ0v) is 15.9. The van der Waals surface area contributed by atoms with E-state index in [0.29, 0.717) is 28.7 Å². The van der Waals surface area contributed by atoms with E-state index >= 15 is 0 Å². The second-order valence-corrected chi connectivity index (χ2v) is 5.90. The summed E-state index contributed by atoms with van der Waals surface area (Å²) in [6.45, 7) is 3.88. The quantitative estimate of drug-likeness (QED) is 0.808. The molecule has 26 heavy (non-hydrogen) atoms. The van der Waals surface area contributed by atoms with E-state index in [2.05, 4.69) is 10.4 Å². The molecule has 0 unspecified atom stereocenters. The molecule has 2 amide bonds. The Morgan fingerprint density at radius 2 is 2.00 bits per heavy atom. The molecule has 0 fully saturated rings. The Balaban J connectivity index is 2.01. The van der Waals surface area contributed by atoms with Crippen molar-refractivity contribution in [2.75, 3.05) is 23.9 Å². The number of hydrogen-bond donors (Lipinski definition) is 1. The maximum Gasteiger partial charge on any atom is 0.413 e. The highest BCUT2D eigenvalue weighted by Gasteiger charge is 2.11. The van der Waals surface area contributed by atoms with Gasteiger partial charge in [0.05, 0.1) is 12.3 Å². The molecular formula is C18H21ClN4O3. The summed E-state index contributed by atoms with van der Waals surface area (Å²) in [5, 5.41) is 7.40. The number of rotatable bonds is 5. The van der Waals surface area contributed by atoms with Gasteiger partial charge in [0.15, 0.2) is 0 Å². The van der Waals surface area contributed by atoms with Gasteiger partial charge < -0.3 is 10.1 Å². The predicted octanol–water partition coefficient (Wildman–Crippen LogP) is 3.63. The number of halogens is 1. The number of aryl methyl sites for hydroxylation is 2. The zero-order valence-electron chi connectivity index (χ0n) is 15.1. The van der Waals surface area contributed by atoms with Crippen LogP contribution in [0, 0.1) is 6.92 Å². The second-order valence-electron chi connectivity index (χ2n) is 5.54. The van der Waals surface area contributed by atoms with Crippen molar-refractivity contribution in [3.05, 3.63) is 46.8 Å². The average Bonchev–Trinajstić information content (AvgIpc) is 2.85. The summed E-state index contributed by atoms with van der Waals surface area (Å²) < 4.78 is 6.49. The summed E-state index contributed by atoms with van der Waals surface area (Å²) in [5.41, 5.74) is 2.72. The minimum Gasteiger partial charge on any atom is -0.449 e. The first kappa shape index (κ1) is 19.5. The Labute approximate surface area is 157 Å². The first-order valence-electron chi connectivity index (χ1n) is 8.02. The van der Waals surface area contributed by atoms with Crippen LogP contribution in [0.25, 0.3) is 6.08 Å². The number of nitrogens with one attached hydrogen (secondary N) is 1. The second kappa shape index (κ2) is 8.53. The van der Waals surface area contributed by atoms with Crippen LogP contribution in [0.1, 0.15) is 18.2 Å². The van der Waals surface area contributed by atoms with E-state index in [1.54, 1.807) is 56.0 Å². The minimum absolute atomic E-state index is 0.296. The van der Waals surface area contributed by atoms with Crippen LogP contribution < -0.4 is 10.2 Å². The molecule has 0 saturated heterocycles. The monoisotopic (exact) mass is 376 g/mol. The van der Waals surface area contributed by atoms with Gasteiger partial charge in [-0.3, -0.25) is 14.4 Å². The van der Waals surface area contributed by atoms with Crippen LogP contribution >= 0.6 is 11.6 Å². The molecule has 0 aliphatic rings. The molecule has 0 bridgehead atoms. The number of amides is 2. The summed E-state index contributed by atoms with van der Waals surface area (Å²) in [6, 6.07) is 6.86. The first-order valence-corrected chi connectivity index (χ1v) is 8.40. The zero-order chi connectivity index (χ0) is 19.3. The third kappa shape index (κ3) is 4.64. The third-order valence-corrected chi connectivity index (χ3v) is 4.11. The normalized spacial score (nSPS) is 10.8. The smallest absolute Gasteiger partial charge is 0.413 e. The summed E-state index contributed by atoms with van der Waals surface area (Å²) >= 11 is 6.13. The van der Waals surface area contributed by atoms with Gasteiger partial charge in [-0.15, -0.1) is 0 Å². The van der Waals surface area contributed by atoms with Crippen LogP contribution in [0.2, 0.25) is 5.15 Å². The number of ether oxygens (including phenoxy) is 1. The van der Waals surface area contributed by atoms with E-state index in [4.69, 9.17) is 16.3 Å². The van der Waals surface area contributed by atoms with Crippen molar-refractivity contribution < 1.29 is 14.3 Å². The van der Waals surface area contributed by atoms with Gasteiger partial charge in [0.25, 0.3) is 0 Å². The molecule has 1 aromatic heterocycles. The molecule has 2 rings (SSSR count). The summed E-state index contributed by atoms with van der Waals surface area (Å²) in [6.07, 6.45) is 2.59. The highest BCUT2D eigenvalue weighted by atomic mass is 35.5. The lowest BCUT2D eigenvalue weighted by Crippen LogP contribution is -2.26. The molecule has 1 heterocycles. The highest BCUT2D eigenvalue weighted by Crippen LogP contribution is 2.20. The molecule has 1 aromatic carbocycles. The molecule has 7 nitrogen and oxygen atoms in total. The van der Waals surface area contributed by atoms with Crippen molar-refractivity contribution in [3.8, 4) is 0 Å². The van der Waals surface area contributed by atoms with Gasteiger partial charge in [0.2, 0.25) is 5.91 Å². The molecule has 0 aliphatic carbocycles. The van der Waals surface area contributed by atoms with Gasteiger partial charge in [0, 0.05) is 37.1 Å². The predicted molar refractivity (Wildman–Crippen MR) is 102 cm³/mol. The Hall–Kier alpha value is -2.80. The lowest BCUT2D eigenvalue weighted by atomic mass is 10.2. The lowest BCUT2D eigenvalue weighted by Gasteiger charge is -2.16. The summed E-state index contributed by atoms with van der Waals surface area (Å²) in [5.74, 6) is -0.296. The van der Waals surface area contributed by atoms with Crippen LogP contribution in [-0.4, -0.2) is 35.4 Å². The van der Waals surface area contributed by atoms with E-state index in [-0.39, 0.29) is 5.91 Å². The van der Waals surface area contributed by atoms with Crippen molar-refractivity contribution >= 4 is 41.1 Å². The van der Waals surface area contributed by atoms with E-state index in [0.717, 1.165) is 5.69 Å².